The summed E-state index contributed by atoms with van der Waals surface area (Å²) < 4.78 is 5.32. The van der Waals surface area contributed by atoms with Crippen LogP contribution in [0.25, 0.3) is 0 Å². The van der Waals surface area contributed by atoms with Crippen LogP contribution in [0.4, 0.5) is 0 Å². The molecule has 0 saturated carbocycles. The van der Waals surface area contributed by atoms with Gasteiger partial charge < -0.3 is 10.3 Å². The maximum Gasteiger partial charge on any atom is 0.236 e. The molecule has 1 aliphatic rings. The number of aromatic nitrogens is 2. The van der Waals surface area contributed by atoms with Crippen LogP contribution >= 0.6 is 0 Å². The number of carbonyl (C=O) groups excluding carboxylic acids is 1. The molecule has 1 fully saturated rings. The molecule has 2 aromatic carbocycles. The number of primary amides is 1. The molecular weight excluding hydrogens is 352 g/mol. The van der Waals surface area contributed by atoms with E-state index in [2.05, 4.69) is 51.4 Å². The Kier molecular flexibility index (Phi) is 5.21. The molecule has 1 aromatic heterocycles. The van der Waals surface area contributed by atoms with Gasteiger partial charge in [0.2, 0.25) is 11.8 Å². The third kappa shape index (κ3) is 3.82. The molecule has 0 spiro atoms. The van der Waals surface area contributed by atoms with Crippen LogP contribution in [-0.2, 0) is 23.2 Å². The highest BCUT2D eigenvalue weighted by Crippen LogP contribution is 2.40. The number of nitrogens with two attached hydrogens (primary N) is 1. The van der Waals surface area contributed by atoms with Crippen LogP contribution in [0.2, 0.25) is 0 Å². The van der Waals surface area contributed by atoms with Gasteiger partial charge in [0.05, 0.1) is 5.41 Å². The van der Waals surface area contributed by atoms with Crippen LogP contribution in [-0.4, -0.2) is 34.0 Å². The van der Waals surface area contributed by atoms with Crippen LogP contribution in [0.5, 0.6) is 0 Å². The van der Waals surface area contributed by atoms with Crippen molar-refractivity contribution in [2.24, 2.45) is 5.73 Å². The summed E-state index contributed by atoms with van der Waals surface area (Å²) >= 11 is 0. The van der Waals surface area contributed by atoms with Crippen molar-refractivity contribution in [2.75, 3.05) is 13.1 Å². The second-order valence-corrected chi connectivity index (χ2v) is 7.36. The van der Waals surface area contributed by atoms with Crippen LogP contribution in [0.3, 0.4) is 0 Å². The van der Waals surface area contributed by atoms with Crippen molar-refractivity contribution in [2.45, 2.75) is 31.2 Å². The van der Waals surface area contributed by atoms with Gasteiger partial charge in [0.15, 0.2) is 5.82 Å². The van der Waals surface area contributed by atoms with Gasteiger partial charge in [-0.25, -0.2) is 0 Å². The monoisotopic (exact) mass is 376 g/mol. The lowest BCUT2D eigenvalue weighted by Gasteiger charge is -2.40. The summed E-state index contributed by atoms with van der Waals surface area (Å²) in [4.78, 5) is 18.2. The molecule has 6 heteroatoms. The third-order valence-corrected chi connectivity index (χ3v) is 5.51. The molecule has 4 rings (SSSR count). The molecule has 0 atom stereocenters. The zero-order valence-corrected chi connectivity index (χ0v) is 15.8. The summed E-state index contributed by atoms with van der Waals surface area (Å²) in [5.74, 6) is 0.459. The summed E-state index contributed by atoms with van der Waals surface area (Å²) in [5.41, 5.74) is 7.46. The summed E-state index contributed by atoms with van der Waals surface area (Å²) in [5, 5.41) is 4.24. The minimum absolute atomic E-state index is 0.0298. The Morgan fingerprint density at radius 1 is 1.04 bits per heavy atom. The van der Waals surface area contributed by atoms with Crippen molar-refractivity contribution < 1.29 is 9.32 Å². The summed E-state index contributed by atoms with van der Waals surface area (Å²) in [7, 11) is 0. The first-order chi connectivity index (χ1) is 13.7. The molecule has 1 aliphatic heterocycles. The topological polar surface area (TPSA) is 85.3 Å². The van der Waals surface area contributed by atoms with E-state index >= 15 is 0 Å². The quantitative estimate of drug-likeness (QED) is 0.715. The average Bonchev–Trinajstić information content (AvgIpc) is 3.18. The summed E-state index contributed by atoms with van der Waals surface area (Å²) in [6, 6.07) is 20.9. The Bertz CT molecular complexity index is 916. The van der Waals surface area contributed by atoms with Gasteiger partial charge >= 0.3 is 0 Å². The van der Waals surface area contributed by atoms with Gasteiger partial charge in [0, 0.05) is 6.54 Å². The van der Waals surface area contributed by atoms with E-state index in [1.807, 2.05) is 24.3 Å². The molecule has 2 N–H and O–H groups in total. The van der Waals surface area contributed by atoms with Gasteiger partial charge in [-0.05, 0) is 37.1 Å². The largest absolute Gasteiger partial charge is 0.369 e. The highest BCUT2D eigenvalue weighted by molar-refractivity contribution is 5.75. The maximum absolute atomic E-state index is 11.2. The zero-order chi connectivity index (χ0) is 19.4. The minimum atomic E-state index is -0.471. The first kappa shape index (κ1) is 18.4. The van der Waals surface area contributed by atoms with E-state index in [0.29, 0.717) is 5.82 Å². The van der Waals surface area contributed by atoms with E-state index in [9.17, 15) is 4.79 Å². The van der Waals surface area contributed by atoms with Crippen LogP contribution in [0.1, 0.15) is 35.7 Å². The SMILES string of the molecule is NC(=O)Cc1nc(C2(c3ccccc3)CCN(Cc3ccccc3)CC2)no1. The summed E-state index contributed by atoms with van der Waals surface area (Å²) in [6.07, 6.45) is 1.75. The molecule has 0 unspecified atom stereocenters. The van der Waals surface area contributed by atoms with Crippen molar-refractivity contribution in [1.29, 1.82) is 0 Å². The van der Waals surface area contributed by atoms with Crippen molar-refractivity contribution in [3.8, 4) is 0 Å². The highest BCUT2D eigenvalue weighted by atomic mass is 16.5. The van der Waals surface area contributed by atoms with E-state index in [1.54, 1.807) is 0 Å². The number of piperidine rings is 1. The van der Waals surface area contributed by atoms with Crippen LogP contribution < -0.4 is 5.73 Å². The second kappa shape index (κ2) is 7.94. The van der Waals surface area contributed by atoms with E-state index < -0.39 is 5.91 Å². The average molecular weight is 376 g/mol. The number of benzene rings is 2. The fraction of sp³-hybridized carbons (Fsp3) is 0.318. The standard InChI is InChI=1S/C22H24N4O2/c23-19(27)15-20-24-21(25-28-20)22(18-9-5-2-6-10-18)11-13-26(14-12-22)16-17-7-3-1-4-8-17/h1-10H,11-16H2,(H2,23,27). The molecule has 144 valence electrons. The Morgan fingerprint density at radius 2 is 1.68 bits per heavy atom. The maximum atomic E-state index is 11.2. The predicted octanol–water partition coefficient (Wildman–Crippen LogP) is 2.68. The van der Waals surface area contributed by atoms with E-state index in [4.69, 9.17) is 10.3 Å². The lowest BCUT2D eigenvalue weighted by Crippen LogP contribution is -2.43. The summed E-state index contributed by atoms with van der Waals surface area (Å²) in [6.45, 7) is 2.80. The predicted molar refractivity (Wildman–Crippen MR) is 105 cm³/mol. The third-order valence-electron chi connectivity index (χ3n) is 5.51. The van der Waals surface area contributed by atoms with Crippen molar-refractivity contribution in [1.82, 2.24) is 15.0 Å². The lowest BCUT2D eigenvalue weighted by atomic mass is 9.72. The van der Waals surface area contributed by atoms with Gasteiger partial charge in [-0.3, -0.25) is 9.69 Å². The van der Waals surface area contributed by atoms with Crippen molar-refractivity contribution in [3.05, 3.63) is 83.5 Å². The Morgan fingerprint density at radius 3 is 2.32 bits per heavy atom. The molecule has 0 aliphatic carbocycles. The number of carbonyl (C=O) groups is 1. The Hall–Kier alpha value is -2.99. The number of nitrogens with zero attached hydrogens (tertiary/aromatic N) is 3. The minimum Gasteiger partial charge on any atom is -0.369 e. The van der Waals surface area contributed by atoms with Crippen molar-refractivity contribution in [3.63, 3.8) is 0 Å². The number of rotatable bonds is 6. The molecule has 6 nitrogen and oxygen atoms in total. The van der Waals surface area contributed by atoms with Gasteiger partial charge in [0.25, 0.3) is 0 Å². The zero-order valence-electron chi connectivity index (χ0n) is 15.8. The fourth-order valence-corrected chi connectivity index (χ4v) is 4.00. The van der Waals surface area contributed by atoms with Gasteiger partial charge in [0.1, 0.15) is 6.42 Å². The smallest absolute Gasteiger partial charge is 0.236 e. The molecule has 28 heavy (non-hydrogen) atoms. The van der Waals surface area contributed by atoms with E-state index in [-0.39, 0.29) is 17.7 Å². The highest BCUT2D eigenvalue weighted by Gasteiger charge is 2.41. The number of amides is 1. The first-order valence-electron chi connectivity index (χ1n) is 9.59. The van der Waals surface area contributed by atoms with Gasteiger partial charge in [-0.15, -0.1) is 0 Å². The molecule has 2 heterocycles. The van der Waals surface area contributed by atoms with Gasteiger partial charge in [-0.1, -0.05) is 65.8 Å². The Balaban J connectivity index is 1.58. The molecule has 3 aromatic rings. The number of hydrogen-bond donors (Lipinski definition) is 1. The number of likely N-dealkylation sites (tertiary alicyclic amines) is 1. The van der Waals surface area contributed by atoms with E-state index in [0.717, 1.165) is 32.5 Å². The van der Waals surface area contributed by atoms with E-state index in [1.165, 1.54) is 11.1 Å². The van der Waals surface area contributed by atoms with Crippen LogP contribution in [0, 0.1) is 0 Å². The molecule has 0 radical (unpaired) electrons. The lowest BCUT2D eigenvalue weighted by molar-refractivity contribution is -0.117. The fourth-order valence-electron chi connectivity index (χ4n) is 4.00. The first-order valence-corrected chi connectivity index (χ1v) is 9.59. The molecule has 1 amide bonds. The second-order valence-electron chi connectivity index (χ2n) is 7.36. The van der Waals surface area contributed by atoms with Crippen molar-refractivity contribution >= 4 is 5.91 Å². The normalized spacial score (nSPS) is 16.7. The Labute approximate surface area is 164 Å². The molecule has 0 bridgehead atoms. The number of hydrogen-bond acceptors (Lipinski definition) is 5. The molecule has 1 saturated heterocycles. The van der Waals surface area contributed by atoms with Crippen LogP contribution in [0.15, 0.2) is 65.2 Å². The van der Waals surface area contributed by atoms with Gasteiger partial charge in [-0.2, -0.15) is 4.98 Å². The molecular formula is C22H24N4O2.